The lowest BCUT2D eigenvalue weighted by Gasteiger charge is -2.25. The molecule has 0 aromatic heterocycles. The maximum Gasteiger partial charge on any atom is 0.358 e. The van der Waals surface area contributed by atoms with E-state index in [9.17, 15) is 4.57 Å². The predicted octanol–water partition coefficient (Wildman–Crippen LogP) is 2.73. The second-order valence-electron chi connectivity index (χ2n) is 3.54. The SMILES string of the molecule is CCCOP(=O)(OCCC)C(C)OC(C)O. The van der Waals surface area contributed by atoms with Gasteiger partial charge in [0, 0.05) is 0 Å². The average Bonchev–Trinajstić information content (AvgIpc) is 2.22. The minimum Gasteiger partial charge on any atom is -0.368 e. The molecule has 0 aliphatic rings. The van der Waals surface area contributed by atoms with Gasteiger partial charge in [0.25, 0.3) is 0 Å². The average molecular weight is 254 g/mol. The Kier molecular flexibility index (Phi) is 8.24. The van der Waals surface area contributed by atoms with Crippen molar-refractivity contribution in [1.29, 1.82) is 0 Å². The van der Waals surface area contributed by atoms with Crippen LogP contribution >= 0.6 is 7.60 Å². The van der Waals surface area contributed by atoms with E-state index in [0.717, 1.165) is 12.8 Å². The van der Waals surface area contributed by atoms with Crippen molar-refractivity contribution in [1.82, 2.24) is 0 Å². The Morgan fingerprint density at radius 3 is 1.88 bits per heavy atom. The fraction of sp³-hybridized carbons (Fsp3) is 1.00. The Balaban J connectivity index is 4.43. The minimum atomic E-state index is -3.28. The second kappa shape index (κ2) is 8.20. The van der Waals surface area contributed by atoms with Crippen LogP contribution in [0.15, 0.2) is 0 Å². The van der Waals surface area contributed by atoms with E-state index in [-0.39, 0.29) is 0 Å². The summed E-state index contributed by atoms with van der Waals surface area (Å²) in [6.07, 6.45) is 0.514. The van der Waals surface area contributed by atoms with E-state index in [1.165, 1.54) is 6.92 Å². The summed E-state index contributed by atoms with van der Waals surface area (Å²) < 4.78 is 27.8. The molecule has 98 valence electrons. The maximum atomic E-state index is 12.3. The van der Waals surface area contributed by atoms with Crippen LogP contribution < -0.4 is 0 Å². The molecule has 0 saturated carbocycles. The third-order valence-electron chi connectivity index (χ3n) is 1.79. The van der Waals surface area contributed by atoms with Crippen LogP contribution in [-0.2, 0) is 18.3 Å². The normalized spacial score (nSPS) is 16.1. The standard InChI is InChI=1S/C10H23O5P/c1-5-7-13-16(12,14-8-6-2)10(4)15-9(3)11/h9-11H,5-8H2,1-4H3. The molecular weight excluding hydrogens is 231 g/mol. The van der Waals surface area contributed by atoms with E-state index < -0.39 is 19.7 Å². The van der Waals surface area contributed by atoms with Crippen molar-refractivity contribution in [3.63, 3.8) is 0 Å². The van der Waals surface area contributed by atoms with Gasteiger partial charge in [-0.25, -0.2) is 0 Å². The summed E-state index contributed by atoms with van der Waals surface area (Å²) >= 11 is 0. The third kappa shape index (κ3) is 5.97. The number of hydrogen-bond donors (Lipinski definition) is 1. The van der Waals surface area contributed by atoms with Crippen LogP contribution in [0.3, 0.4) is 0 Å². The number of rotatable bonds is 9. The molecule has 0 bridgehead atoms. The van der Waals surface area contributed by atoms with Crippen LogP contribution in [0.4, 0.5) is 0 Å². The zero-order valence-electron chi connectivity index (χ0n) is 10.5. The lowest BCUT2D eigenvalue weighted by Crippen LogP contribution is -2.19. The molecule has 1 N–H and O–H groups in total. The van der Waals surface area contributed by atoms with Gasteiger partial charge in [0.2, 0.25) is 0 Å². The highest BCUT2D eigenvalue weighted by Crippen LogP contribution is 2.53. The quantitative estimate of drug-likeness (QED) is 0.506. The molecule has 0 aromatic rings. The van der Waals surface area contributed by atoms with E-state index in [1.807, 2.05) is 13.8 Å². The lowest BCUT2D eigenvalue weighted by atomic mass is 10.5. The monoisotopic (exact) mass is 254 g/mol. The summed E-state index contributed by atoms with van der Waals surface area (Å²) in [5, 5.41) is 9.08. The summed E-state index contributed by atoms with van der Waals surface area (Å²) in [4.78, 5) is 0. The highest BCUT2D eigenvalue weighted by molar-refractivity contribution is 7.54. The molecule has 0 aliphatic carbocycles. The Bertz CT molecular complexity index is 207. The van der Waals surface area contributed by atoms with Crippen LogP contribution in [0.2, 0.25) is 0 Å². The number of aliphatic hydroxyl groups excluding tert-OH is 1. The Morgan fingerprint density at radius 2 is 1.56 bits per heavy atom. The van der Waals surface area contributed by atoms with E-state index in [1.54, 1.807) is 6.92 Å². The first-order valence-electron chi connectivity index (χ1n) is 5.68. The van der Waals surface area contributed by atoms with Crippen LogP contribution in [0.1, 0.15) is 40.5 Å². The van der Waals surface area contributed by atoms with E-state index in [0.29, 0.717) is 13.2 Å². The first-order valence-corrected chi connectivity index (χ1v) is 7.29. The van der Waals surface area contributed by atoms with Gasteiger partial charge in [0.1, 0.15) is 0 Å². The summed E-state index contributed by atoms with van der Waals surface area (Å²) in [5.41, 5.74) is 0. The van der Waals surface area contributed by atoms with Gasteiger partial charge in [-0.15, -0.1) is 0 Å². The van der Waals surface area contributed by atoms with Gasteiger partial charge >= 0.3 is 7.60 Å². The first-order chi connectivity index (χ1) is 7.46. The van der Waals surface area contributed by atoms with E-state index in [4.69, 9.17) is 18.9 Å². The van der Waals surface area contributed by atoms with Crippen molar-refractivity contribution >= 4 is 7.60 Å². The summed E-state index contributed by atoms with van der Waals surface area (Å²) in [6.45, 7) is 7.59. The van der Waals surface area contributed by atoms with E-state index in [2.05, 4.69) is 0 Å². The predicted molar refractivity (Wildman–Crippen MR) is 62.3 cm³/mol. The third-order valence-corrected chi connectivity index (χ3v) is 3.89. The number of hydrogen-bond acceptors (Lipinski definition) is 5. The largest absolute Gasteiger partial charge is 0.368 e. The molecule has 0 amide bonds. The zero-order valence-corrected chi connectivity index (χ0v) is 11.4. The van der Waals surface area contributed by atoms with Crippen molar-refractivity contribution in [3.05, 3.63) is 0 Å². The van der Waals surface area contributed by atoms with Gasteiger partial charge in [-0.05, 0) is 26.7 Å². The molecule has 0 rings (SSSR count). The second-order valence-corrected chi connectivity index (χ2v) is 5.86. The van der Waals surface area contributed by atoms with Gasteiger partial charge in [0.05, 0.1) is 13.2 Å². The molecule has 0 spiro atoms. The minimum absolute atomic E-state index is 0.356. The van der Waals surface area contributed by atoms with Crippen molar-refractivity contribution in [2.75, 3.05) is 13.2 Å². The Hall–Kier alpha value is 0.0700. The molecule has 6 heteroatoms. The molecule has 0 aromatic carbocycles. The highest BCUT2D eigenvalue weighted by Gasteiger charge is 2.34. The molecule has 0 radical (unpaired) electrons. The van der Waals surface area contributed by atoms with Crippen molar-refractivity contribution in [2.24, 2.45) is 0 Å². The molecule has 0 fully saturated rings. The van der Waals surface area contributed by atoms with E-state index >= 15 is 0 Å². The smallest absolute Gasteiger partial charge is 0.358 e. The van der Waals surface area contributed by atoms with Crippen LogP contribution in [0.25, 0.3) is 0 Å². The van der Waals surface area contributed by atoms with Gasteiger partial charge in [0.15, 0.2) is 12.1 Å². The molecule has 16 heavy (non-hydrogen) atoms. The highest BCUT2D eigenvalue weighted by atomic mass is 31.2. The number of aliphatic hydroxyl groups is 1. The van der Waals surface area contributed by atoms with Gasteiger partial charge in [-0.3, -0.25) is 4.57 Å². The molecule has 2 atom stereocenters. The molecule has 5 nitrogen and oxygen atoms in total. The van der Waals surface area contributed by atoms with Gasteiger partial charge in [-0.2, -0.15) is 0 Å². The topological polar surface area (TPSA) is 65.0 Å². The summed E-state index contributed by atoms with van der Waals surface area (Å²) in [6, 6.07) is 0. The molecule has 2 unspecified atom stereocenters. The molecular formula is C10H23O5P. The lowest BCUT2D eigenvalue weighted by molar-refractivity contribution is -0.101. The molecule has 0 aliphatic heterocycles. The Labute approximate surface area is 97.6 Å². The first kappa shape index (κ1) is 16.1. The zero-order chi connectivity index (χ0) is 12.6. The molecule has 0 heterocycles. The van der Waals surface area contributed by atoms with Crippen molar-refractivity contribution < 1.29 is 23.5 Å². The molecule has 0 saturated heterocycles. The fourth-order valence-electron chi connectivity index (χ4n) is 1.04. The van der Waals surface area contributed by atoms with Gasteiger partial charge < -0.3 is 18.9 Å². The Morgan fingerprint density at radius 1 is 1.12 bits per heavy atom. The number of ether oxygens (including phenoxy) is 1. The van der Waals surface area contributed by atoms with Gasteiger partial charge in [-0.1, -0.05) is 13.8 Å². The van der Waals surface area contributed by atoms with Crippen LogP contribution in [0, 0.1) is 0 Å². The fourth-order valence-corrected chi connectivity index (χ4v) is 2.74. The van der Waals surface area contributed by atoms with Crippen LogP contribution in [0.5, 0.6) is 0 Å². The summed E-state index contributed by atoms with van der Waals surface area (Å²) in [7, 11) is -3.28. The maximum absolute atomic E-state index is 12.3. The summed E-state index contributed by atoms with van der Waals surface area (Å²) in [5.74, 6) is -0.759. The van der Waals surface area contributed by atoms with Crippen molar-refractivity contribution in [2.45, 2.75) is 52.7 Å². The van der Waals surface area contributed by atoms with Crippen LogP contribution in [-0.4, -0.2) is 30.5 Å². The van der Waals surface area contributed by atoms with Crippen molar-refractivity contribution in [3.8, 4) is 0 Å².